The highest BCUT2D eigenvalue weighted by atomic mass is 35.5. The van der Waals surface area contributed by atoms with Gasteiger partial charge in [0.25, 0.3) is 0 Å². The van der Waals surface area contributed by atoms with Gasteiger partial charge < -0.3 is 10.2 Å². The summed E-state index contributed by atoms with van der Waals surface area (Å²) in [4.78, 5) is 29.2. The van der Waals surface area contributed by atoms with Crippen LogP contribution in [0.2, 0.25) is 15.1 Å². The molecule has 2 amide bonds. The average molecular weight is 590 g/mol. The van der Waals surface area contributed by atoms with Crippen molar-refractivity contribution in [1.82, 2.24) is 10.2 Å². The second-order valence-corrected chi connectivity index (χ2v) is 11.8. The molecule has 0 aromatic heterocycles. The quantitative estimate of drug-likeness (QED) is 0.251. The van der Waals surface area contributed by atoms with Crippen LogP contribution in [0, 0.1) is 0 Å². The summed E-state index contributed by atoms with van der Waals surface area (Å²) < 4.78 is 0. The molecule has 0 aliphatic heterocycles. The summed E-state index contributed by atoms with van der Waals surface area (Å²) in [5.74, 6) is 0.658. The van der Waals surface area contributed by atoms with E-state index in [9.17, 15) is 9.59 Å². The maximum absolute atomic E-state index is 13.8. The zero-order valence-electron chi connectivity index (χ0n) is 21.0. The lowest BCUT2D eigenvalue weighted by atomic mass is 10.0. The topological polar surface area (TPSA) is 49.4 Å². The van der Waals surface area contributed by atoms with E-state index in [1.807, 2.05) is 60.7 Å². The van der Waals surface area contributed by atoms with Crippen molar-refractivity contribution in [2.75, 3.05) is 5.75 Å². The molecule has 4 nitrogen and oxygen atoms in total. The van der Waals surface area contributed by atoms with Crippen molar-refractivity contribution in [1.29, 1.82) is 0 Å². The molecule has 0 radical (unpaired) electrons. The van der Waals surface area contributed by atoms with Gasteiger partial charge in [-0.2, -0.15) is 0 Å². The number of carbonyl (C=O) groups excluding carboxylic acids is 2. The Morgan fingerprint density at radius 1 is 0.895 bits per heavy atom. The Morgan fingerprint density at radius 3 is 2.26 bits per heavy atom. The molecule has 0 spiro atoms. The van der Waals surface area contributed by atoms with Crippen LogP contribution < -0.4 is 5.32 Å². The molecule has 1 N–H and O–H groups in total. The lowest BCUT2D eigenvalue weighted by Gasteiger charge is -2.32. The van der Waals surface area contributed by atoms with Crippen molar-refractivity contribution < 1.29 is 9.59 Å². The molecule has 200 valence electrons. The normalized spacial score (nSPS) is 14.3. The van der Waals surface area contributed by atoms with E-state index in [4.69, 9.17) is 34.8 Å². The first-order valence-electron chi connectivity index (χ1n) is 12.8. The third kappa shape index (κ3) is 8.41. The minimum atomic E-state index is -0.673. The molecule has 0 heterocycles. The Kier molecular flexibility index (Phi) is 10.8. The molecule has 3 aromatic carbocycles. The predicted molar refractivity (Wildman–Crippen MR) is 159 cm³/mol. The van der Waals surface area contributed by atoms with Gasteiger partial charge in [-0.15, -0.1) is 11.8 Å². The Bertz CT molecular complexity index is 1220. The van der Waals surface area contributed by atoms with Crippen LogP contribution in [0.25, 0.3) is 0 Å². The minimum Gasteiger partial charge on any atom is -0.352 e. The van der Waals surface area contributed by atoms with Gasteiger partial charge in [0.1, 0.15) is 6.04 Å². The number of halogens is 3. The van der Waals surface area contributed by atoms with E-state index in [1.54, 1.807) is 17.0 Å². The van der Waals surface area contributed by atoms with E-state index in [2.05, 4.69) is 5.32 Å². The molecular weight excluding hydrogens is 559 g/mol. The highest BCUT2D eigenvalue weighted by Crippen LogP contribution is 2.26. The zero-order chi connectivity index (χ0) is 26.9. The molecule has 4 rings (SSSR count). The van der Waals surface area contributed by atoms with E-state index in [-0.39, 0.29) is 30.2 Å². The van der Waals surface area contributed by atoms with Crippen molar-refractivity contribution in [2.24, 2.45) is 0 Å². The SMILES string of the molecule is O=C(NC1CCCC1)[C@H](Cc1ccccc1)N(Cc1ccc(Cl)cc1Cl)C(=O)CSCc1ccc(Cl)cc1. The van der Waals surface area contributed by atoms with Gasteiger partial charge in [-0.1, -0.05) is 96.2 Å². The molecule has 0 unspecified atom stereocenters. The van der Waals surface area contributed by atoms with Crippen LogP contribution >= 0.6 is 46.6 Å². The van der Waals surface area contributed by atoms with E-state index in [0.29, 0.717) is 27.2 Å². The van der Waals surface area contributed by atoms with E-state index >= 15 is 0 Å². The third-order valence-corrected chi connectivity index (χ3v) is 8.56. The van der Waals surface area contributed by atoms with Crippen molar-refractivity contribution in [3.63, 3.8) is 0 Å². The van der Waals surface area contributed by atoms with Gasteiger partial charge in [-0.3, -0.25) is 9.59 Å². The number of nitrogens with zero attached hydrogens (tertiary/aromatic N) is 1. The molecule has 0 bridgehead atoms. The zero-order valence-corrected chi connectivity index (χ0v) is 24.1. The number of hydrogen-bond acceptors (Lipinski definition) is 3. The smallest absolute Gasteiger partial charge is 0.243 e. The summed E-state index contributed by atoms with van der Waals surface area (Å²) in [6, 6.07) is 22.1. The summed E-state index contributed by atoms with van der Waals surface area (Å²) >= 11 is 20.2. The van der Waals surface area contributed by atoms with Crippen molar-refractivity contribution in [3.8, 4) is 0 Å². The number of rotatable bonds is 11. The predicted octanol–water partition coefficient (Wildman–Crippen LogP) is 7.58. The maximum atomic E-state index is 13.8. The summed E-state index contributed by atoms with van der Waals surface area (Å²) in [7, 11) is 0. The van der Waals surface area contributed by atoms with Gasteiger partial charge in [-0.05, 0) is 53.8 Å². The molecule has 3 aromatic rings. The van der Waals surface area contributed by atoms with Crippen LogP contribution in [-0.4, -0.2) is 34.6 Å². The second kappa shape index (κ2) is 14.3. The molecule has 1 aliphatic carbocycles. The summed E-state index contributed by atoms with van der Waals surface area (Å²) in [5.41, 5.74) is 2.83. The molecule has 1 saturated carbocycles. The van der Waals surface area contributed by atoms with Gasteiger partial charge >= 0.3 is 0 Å². The Morgan fingerprint density at radius 2 is 1.58 bits per heavy atom. The number of nitrogens with one attached hydrogen (secondary N) is 1. The number of thioether (sulfide) groups is 1. The number of hydrogen-bond donors (Lipinski definition) is 1. The van der Waals surface area contributed by atoms with E-state index in [0.717, 1.165) is 42.4 Å². The second-order valence-electron chi connectivity index (χ2n) is 9.57. The van der Waals surface area contributed by atoms with Crippen molar-refractivity contribution in [3.05, 3.63) is 105 Å². The standard InChI is InChI=1S/C30H31Cl3N2O2S/c31-24-13-10-22(11-14-24)19-38-20-29(36)35(18-23-12-15-25(32)17-27(23)33)28(16-21-6-2-1-3-7-21)30(37)34-26-8-4-5-9-26/h1-3,6-7,10-15,17,26,28H,4-5,8-9,16,18-20H2,(H,34,37)/t28-/m0/s1. The van der Waals surface area contributed by atoms with Crippen molar-refractivity contribution in [2.45, 2.75) is 56.5 Å². The van der Waals surface area contributed by atoms with Gasteiger partial charge in [0.2, 0.25) is 11.8 Å². The number of carbonyl (C=O) groups is 2. The fourth-order valence-corrected chi connectivity index (χ4v) is 6.14. The Labute approximate surface area is 244 Å². The van der Waals surface area contributed by atoms with E-state index < -0.39 is 6.04 Å². The van der Waals surface area contributed by atoms with Crippen LogP contribution in [0.15, 0.2) is 72.8 Å². The fraction of sp³-hybridized carbons (Fsp3) is 0.333. The third-order valence-electron chi connectivity index (χ3n) is 6.74. The van der Waals surface area contributed by atoms with Crippen molar-refractivity contribution >= 4 is 58.4 Å². The largest absolute Gasteiger partial charge is 0.352 e. The monoisotopic (exact) mass is 588 g/mol. The van der Waals surface area contributed by atoms with Crippen LogP contribution in [0.1, 0.15) is 42.4 Å². The average Bonchev–Trinajstić information content (AvgIpc) is 3.42. The first-order valence-corrected chi connectivity index (χ1v) is 15.1. The van der Waals surface area contributed by atoms with Crippen LogP contribution in [-0.2, 0) is 28.3 Å². The molecule has 38 heavy (non-hydrogen) atoms. The molecule has 8 heteroatoms. The minimum absolute atomic E-state index is 0.113. The summed E-state index contributed by atoms with van der Waals surface area (Å²) in [6.45, 7) is 0.214. The molecule has 1 aliphatic rings. The highest BCUT2D eigenvalue weighted by molar-refractivity contribution is 7.99. The van der Waals surface area contributed by atoms with Crippen LogP contribution in [0.3, 0.4) is 0 Å². The van der Waals surface area contributed by atoms with Gasteiger partial charge in [0, 0.05) is 39.8 Å². The molecular formula is C30H31Cl3N2O2S. The first kappa shape index (κ1) is 28.8. The Balaban J connectivity index is 1.58. The van der Waals surface area contributed by atoms with Gasteiger partial charge in [-0.25, -0.2) is 0 Å². The van der Waals surface area contributed by atoms with Gasteiger partial charge in [0.05, 0.1) is 5.75 Å². The Hall–Kier alpha value is -2.18. The maximum Gasteiger partial charge on any atom is 0.243 e. The molecule has 1 fully saturated rings. The van der Waals surface area contributed by atoms with E-state index in [1.165, 1.54) is 11.8 Å². The molecule has 0 saturated heterocycles. The first-order chi connectivity index (χ1) is 18.4. The number of benzene rings is 3. The van der Waals surface area contributed by atoms with Crippen LogP contribution in [0.5, 0.6) is 0 Å². The highest BCUT2D eigenvalue weighted by Gasteiger charge is 2.32. The van der Waals surface area contributed by atoms with Crippen LogP contribution in [0.4, 0.5) is 0 Å². The summed E-state index contributed by atoms with van der Waals surface area (Å²) in [6.07, 6.45) is 4.57. The van der Waals surface area contributed by atoms with Gasteiger partial charge in [0.15, 0.2) is 0 Å². The lowest BCUT2D eigenvalue weighted by molar-refractivity contribution is -0.139. The fourth-order valence-electron chi connectivity index (χ4n) is 4.67. The lowest BCUT2D eigenvalue weighted by Crippen LogP contribution is -2.52. The summed E-state index contributed by atoms with van der Waals surface area (Å²) in [5, 5.41) is 4.90. The number of amides is 2. The molecule has 1 atom stereocenters.